The number of benzene rings is 1. The number of nitrogens with one attached hydrogen (secondary N) is 1. The summed E-state index contributed by atoms with van der Waals surface area (Å²) in [6.45, 7) is 7.93. The minimum atomic E-state index is 0.955. The van der Waals surface area contributed by atoms with E-state index in [1.807, 2.05) is 0 Å². The molecule has 0 aliphatic carbocycles. The van der Waals surface area contributed by atoms with Crippen LogP contribution in [-0.4, -0.2) is 51.3 Å². The molecule has 20 heavy (non-hydrogen) atoms. The monoisotopic (exact) mass is 275 g/mol. The Morgan fingerprint density at radius 2 is 2.00 bits per heavy atom. The molecule has 1 N–H and O–H groups in total. The molecule has 0 radical (unpaired) electrons. The number of ether oxygens (including phenoxy) is 1. The Morgan fingerprint density at radius 1 is 1.15 bits per heavy atom. The van der Waals surface area contributed by atoms with Crippen LogP contribution in [0.25, 0.3) is 0 Å². The molecule has 110 valence electrons. The molecule has 0 amide bonds. The van der Waals surface area contributed by atoms with E-state index in [9.17, 15) is 0 Å². The van der Waals surface area contributed by atoms with E-state index < -0.39 is 0 Å². The number of fused-ring (bicyclic) bond motifs is 1. The molecule has 1 aromatic carbocycles. The maximum absolute atomic E-state index is 5.39. The molecule has 3 rings (SSSR count). The van der Waals surface area contributed by atoms with Crippen LogP contribution in [-0.2, 0) is 6.54 Å². The van der Waals surface area contributed by atoms with Crippen molar-refractivity contribution < 1.29 is 4.74 Å². The van der Waals surface area contributed by atoms with E-state index in [1.54, 1.807) is 7.11 Å². The van der Waals surface area contributed by atoms with Gasteiger partial charge in [-0.2, -0.15) is 0 Å². The van der Waals surface area contributed by atoms with Crippen molar-refractivity contribution in [1.29, 1.82) is 0 Å². The molecular weight excluding hydrogens is 250 g/mol. The molecule has 0 bridgehead atoms. The zero-order valence-electron chi connectivity index (χ0n) is 12.4. The molecule has 1 saturated heterocycles. The van der Waals surface area contributed by atoms with Gasteiger partial charge in [0.25, 0.3) is 0 Å². The number of anilines is 1. The van der Waals surface area contributed by atoms with Crippen LogP contribution < -0.4 is 15.0 Å². The van der Waals surface area contributed by atoms with Crippen LogP contribution in [0.1, 0.15) is 18.4 Å². The predicted molar refractivity (Wildman–Crippen MR) is 82.6 cm³/mol. The van der Waals surface area contributed by atoms with E-state index >= 15 is 0 Å². The average molecular weight is 275 g/mol. The van der Waals surface area contributed by atoms with Gasteiger partial charge in [0.2, 0.25) is 0 Å². The Hall–Kier alpha value is -1.26. The molecule has 0 atom stereocenters. The van der Waals surface area contributed by atoms with Gasteiger partial charge in [-0.1, -0.05) is 6.07 Å². The van der Waals surface area contributed by atoms with Crippen molar-refractivity contribution >= 4 is 5.69 Å². The quantitative estimate of drug-likeness (QED) is 0.905. The zero-order valence-corrected chi connectivity index (χ0v) is 12.4. The maximum Gasteiger partial charge on any atom is 0.120 e. The highest BCUT2D eigenvalue weighted by Gasteiger charge is 2.18. The highest BCUT2D eigenvalue weighted by atomic mass is 16.5. The summed E-state index contributed by atoms with van der Waals surface area (Å²) in [6, 6.07) is 6.44. The van der Waals surface area contributed by atoms with Gasteiger partial charge in [-0.25, -0.2) is 0 Å². The summed E-state index contributed by atoms with van der Waals surface area (Å²) in [6.07, 6.45) is 2.73. The summed E-state index contributed by atoms with van der Waals surface area (Å²) in [7, 11) is 1.74. The molecule has 4 heteroatoms. The number of hydrogen-bond donors (Lipinski definition) is 1. The number of likely N-dealkylation sites (tertiary alicyclic amines) is 1. The fourth-order valence-electron chi connectivity index (χ4n) is 3.17. The van der Waals surface area contributed by atoms with Crippen LogP contribution in [0.5, 0.6) is 5.75 Å². The van der Waals surface area contributed by atoms with Gasteiger partial charge in [0.05, 0.1) is 7.11 Å². The molecule has 2 aliphatic heterocycles. The SMILES string of the molecule is COc1ccc2c(c1)N(CCN1CCCC1)CCNC2. The predicted octanol–water partition coefficient (Wildman–Crippen LogP) is 1.70. The molecule has 4 nitrogen and oxygen atoms in total. The first kappa shape index (κ1) is 13.7. The third kappa shape index (κ3) is 3.07. The molecule has 2 heterocycles. The molecule has 1 fully saturated rings. The topological polar surface area (TPSA) is 27.7 Å². The Labute approximate surface area is 121 Å². The average Bonchev–Trinajstić information content (AvgIpc) is 2.92. The lowest BCUT2D eigenvalue weighted by molar-refractivity contribution is 0.344. The Balaban J connectivity index is 1.73. The van der Waals surface area contributed by atoms with Crippen molar-refractivity contribution in [1.82, 2.24) is 10.2 Å². The van der Waals surface area contributed by atoms with E-state index in [-0.39, 0.29) is 0 Å². The van der Waals surface area contributed by atoms with Gasteiger partial charge in [-0.05, 0) is 37.6 Å². The lowest BCUT2D eigenvalue weighted by atomic mass is 10.1. The van der Waals surface area contributed by atoms with Crippen LogP contribution in [0, 0.1) is 0 Å². The van der Waals surface area contributed by atoms with Gasteiger partial charge in [-0.3, -0.25) is 0 Å². The van der Waals surface area contributed by atoms with Crippen LogP contribution >= 0.6 is 0 Å². The van der Waals surface area contributed by atoms with E-state index in [2.05, 4.69) is 33.3 Å². The largest absolute Gasteiger partial charge is 0.497 e. The number of methoxy groups -OCH3 is 1. The number of rotatable bonds is 4. The number of nitrogens with zero attached hydrogens (tertiary/aromatic N) is 2. The number of hydrogen-bond acceptors (Lipinski definition) is 4. The fourth-order valence-corrected chi connectivity index (χ4v) is 3.17. The molecule has 1 aromatic rings. The smallest absolute Gasteiger partial charge is 0.120 e. The van der Waals surface area contributed by atoms with Crippen molar-refractivity contribution in [3.05, 3.63) is 23.8 Å². The van der Waals surface area contributed by atoms with Gasteiger partial charge in [0, 0.05) is 44.5 Å². The third-order valence-corrected chi connectivity index (χ3v) is 4.39. The second-order valence-electron chi connectivity index (χ2n) is 5.71. The van der Waals surface area contributed by atoms with E-state index in [4.69, 9.17) is 4.74 Å². The first-order valence-electron chi connectivity index (χ1n) is 7.72. The molecule has 0 unspecified atom stereocenters. The van der Waals surface area contributed by atoms with E-state index in [0.717, 1.165) is 31.9 Å². The fraction of sp³-hybridized carbons (Fsp3) is 0.625. The summed E-state index contributed by atoms with van der Waals surface area (Å²) in [5.74, 6) is 0.955. The van der Waals surface area contributed by atoms with Crippen molar-refractivity contribution in [3.63, 3.8) is 0 Å². The van der Waals surface area contributed by atoms with Crippen molar-refractivity contribution in [2.24, 2.45) is 0 Å². The molecule has 0 spiro atoms. The highest BCUT2D eigenvalue weighted by Crippen LogP contribution is 2.27. The standard InChI is InChI=1S/C16H25N3O/c1-20-15-5-4-14-13-17-6-9-19(16(14)12-15)11-10-18-7-2-3-8-18/h4-5,12,17H,2-3,6-11,13H2,1H3. The molecule has 2 aliphatic rings. The summed E-state index contributed by atoms with van der Waals surface area (Å²) in [4.78, 5) is 5.09. The summed E-state index contributed by atoms with van der Waals surface area (Å²) in [5.41, 5.74) is 2.72. The van der Waals surface area contributed by atoms with Crippen molar-refractivity contribution in [3.8, 4) is 5.75 Å². The van der Waals surface area contributed by atoms with Gasteiger partial charge in [-0.15, -0.1) is 0 Å². The first-order valence-corrected chi connectivity index (χ1v) is 7.72. The first-order chi connectivity index (χ1) is 9.86. The molecule has 0 aromatic heterocycles. The lowest BCUT2D eigenvalue weighted by Gasteiger charge is -2.27. The minimum Gasteiger partial charge on any atom is -0.497 e. The minimum absolute atomic E-state index is 0.955. The van der Waals surface area contributed by atoms with Crippen LogP contribution in [0.3, 0.4) is 0 Å². The summed E-state index contributed by atoms with van der Waals surface area (Å²) in [5, 5.41) is 3.50. The highest BCUT2D eigenvalue weighted by molar-refractivity contribution is 5.58. The van der Waals surface area contributed by atoms with E-state index in [1.165, 1.54) is 43.7 Å². The Kier molecular flexibility index (Phi) is 4.43. The van der Waals surface area contributed by atoms with Crippen LogP contribution in [0.15, 0.2) is 18.2 Å². The summed E-state index contributed by atoms with van der Waals surface area (Å²) >= 11 is 0. The van der Waals surface area contributed by atoms with Gasteiger partial charge < -0.3 is 19.9 Å². The third-order valence-electron chi connectivity index (χ3n) is 4.39. The summed E-state index contributed by atoms with van der Waals surface area (Å²) < 4.78 is 5.39. The molecular formula is C16H25N3O. The maximum atomic E-state index is 5.39. The Bertz CT molecular complexity index is 443. The second-order valence-corrected chi connectivity index (χ2v) is 5.71. The second kappa shape index (κ2) is 6.46. The van der Waals surface area contributed by atoms with Gasteiger partial charge in [0.15, 0.2) is 0 Å². The van der Waals surface area contributed by atoms with Gasteiger partial charge >= 0.3 is 0 Å². The zero-order chi connectivity index (χ0) is 13.8. The normalized spacial score (nSPS) is 19.8. The van der Waals surface area contributed by atoms with Crippen molar-refractivity contribution in [2.75, 3.05) is 51.3 Å². The van der Waals surface area contributed by atoms with E-state index in [0.29, 0.717) is 0 Å². The molecule has 0 saturated carbocycles. The Morgan fingerprint density at radius 3 is 2.80 bits per heavy atom. The van der Waals surface area contributed by atoms with Gasteiger partial charge in [0.1, 0.15) is 5.75 Å². The van der Waals surface area contributed by atoms with Crippen LogP contribution in [0.4, 0.5) is 5.69 Å². The lowest BCUT2D eigenvalue weighted by Crippen LogP contribution is -2.36. The van der Waals surface area contributed by atoms with Crippen molar-refractivity contribution in [2.45, 2.75) is 19.4 Å². The van der Waals surface area contributed by atoms with Crippen LogP contribution in [0.2, 0.25) is 0 Å².